The Morgan fingerprint density at radius 2 is 1.89 bits per heavy atom. The lowest BCUT2D eigenvalue weighted by molar-refractivity contribution is -0.285. The van der Waals surface area contributed by atoms with Crippen molar-refractivity contribution in [3.8, 4) is 11.5 Å². The molecule has 6 nitrogen and oxygen atoms in total. The van der Waals surface area contributed by atoms with Gasteiger partial charge in [0.1, 0.15) is 12.5 Å². The standard InChI is InChI=1S/C24H21F3N2O4S2/c1-32-17-12-15(9-10-16(17)33-13-14-6-3-2-4-7-14)20-19(21(30)18-8-5-11-35-18)23(31,24(25,26)27)29-22(34)28-20/h2-12,19-20,31H,13H2,1H3,(H2,28,29,34)/t19-,20-,23+/m1/s1. The second-order valence-corrected chi connectivity index (χ2v) is 9.20. The molecule has 184 valence electrons. The van der Waals surface area contributed by atoms with Crippen molar-refractivity contribution in [3.05, 3.63) is 82.0 Å². The summed E-state index contributed by atoms with van der Waals surface area (Å²) in [5.41, 5.74) is -2.41. The summed E-state index contributed by atoms with van der Waals surface area (Å²) < 4.78 is 53.6. The van der Waals surface area contributed by atoms with Crippen LogP contribution in [0.5, 0.6) is 11.5 Å². The second kappa shape index (κ2) is 9.84. The average Bonchev–Trinajstić information content (AvgIpc) is 3.37. The lowest BCUT2D eigenvalue weighted by Crippen LogP contribution is -2.72. The number of thiophene rings is 1. The summed E-state index contributed by atoms with van der Waals surface area (Å²) in [6.07, 6.45) is -5.20. The zero-order chi connectivity index (χ0) is 25.2. The number of benzene rings is 2. The highest BCUT2D eigenvalue weighted by atomic mass is 32.1. The number of thiocarbonyl (C=S) groups is 1. The number of hydrogen-bond acceptors (Lipinski definition) is 6. The van der Waals surface area contributed by atoms with E-state index >= 15 is 0 Å². The van der Waals surface area contributed by atoms with Gasteiger partial charge in [0, 0.05) is 0 Å². The van der Waals surface area contributed by atoms with Crippen LogP contribution in [0.25, 0.3) is 0 Å². The van der Waals surface area contributed by atoms with Gasteiger partial charge in [0.05, 0.1) is 18.0 Å². The predicted molar refractivity (Wildman–Crippen MR) is 129 cm³/mol. The number of Topliss-reactive ketones (excluding diaryl/α,β-unsaturated/α-hetero) is 1. The molecule has 3 N–H and O–H groups in total. The molecule has 1 aliphatic rings. The predicted octanol–water partition coefficient (Wildman–Crippen LogP) is 4.60. The molecule has 0 bridgehead atoms. The molecule has 1 fully saturated rings. The van der Waals surface area contributed by atoms with E-state index in [1.165, 1.54) is 25.3 Å². The van der Waals surface area contributed by atoms with Crippen LogP contribution in [0.1, 0.15) is 26.8 Å². The summed E-state index contributed by atoms with van der Waals surface area (Å²) in [7, 11) is 1.40. The highest BCUT2D eigenvalue weighted by molar-refractivity contribution is 7.80. The number of ether oxygens (including phenoxy) is 2. The van der Waals surface area contributed by atoms with E-state index in [1.54, 1.807) is 17.5 Å². The molecule has 1 saturated heterocycles. The van der Waals surface area contributed by atoms with E-state index in [0.717, 1.165) is 16.9 Å². The minimum atomic E-state index is -5.20. The van der Waals surface area contributed by atoms with Gasteiger partial charge in [-0.25, -0.2) is 0 Å². The van der Waals surface area contributed by atoms with Gasteiger partial charge in [-0.1, -0.05) is 42.5 Å². The van der Waals surface area contributed by atoms with Crippen LogP contribution in [-0.4, -0.2) is 35.0 Å². The maximum Gasteiger partial charge on any atom is 0.437 e. The highest BCUT2D eigenvalue weighted by Crippen LogP contribution is 2.45. The molecule has 3 atom stereocenters. The molecule has 35 heavy (non-hydrogen) atoms. The van der Waals surface area contributed by atoms with Crippen LogP contribution in [0.4, 0.5) is 13.2 Å². The van der Waals surface area contributed by atoms with Crippen LogP contribution in [0.2, 0.25) is 0 Å². The molecule has 0 amide bonds. The van der Waals surface area contributed by atoms with Crippen LogP contribution >= 0.6 is 23.6 Å². The van der Waals surface area contributed by atoms with Crippen molar-refractivity contribution in [3.63, 3.8) is 0 Å². The summed E-state index contributed by atoms with van der Waals surface area (Å²) >= 11 is 5.96. The first-order valence-corrected chi connectivity index (χ1v) is 11.7. The topological polar surface area (TPSA) is 79.8 Å². The Kier molecular flexibility index (Phi) is 7.02. The van der Waals surface area contributed by atoms with E-state index in [1.807, 2.05) is 35.6 Å². The maximum absolute atomic E-state index is 14.1. The molecule has 2 heterocycles. The van der Waals surface area contributed by atoms with Gasteiger partial charge in [0.2, 0.25) is 5.72 Å². The van der Waals surface area contributed by atoms with Crippen LogP contribution in [0.3, 0.4) is 0 Å². The van der Waals surface area contributed by atoms with E-state index in [4.69, 9.17) is 21.7 Å². The number of hydrogen-bond donors (Lipinski definition) is 3. The molecule has 0 spiro atoms. The van der Waals surface area contributed by atoms with Crippen LogP contribution in [0.15, 0.2) is 66.0 Å². The van der Waals surface area contributed by atoms with Crippen molar-refractivity contribution in [2.75, 3.05) is 7.11 Å². The van der Waals surface area contributed by atoms with E-state index in [9.17, 15) is 23.1 Å². The van der Waals surface area contributed by atoms with Crippen molar-refractivity contribution in [1.82, 2.24) is 10.6 Å². The molecule has 0 aliphatic carbocycles. The molecule has 1 aromatic heterocycles. The van der Waals surface area contributed by atoms with Gasteiger partial charge >= 0.3 is 6.18 Å². The van der Waals surface area contributed by atoms with E-state index in [0.29, 0.717) is 5.75 Å². The summed E-state index contributed by atoms with van der Waals surface area (Å²) in [6.45, 7) is 0.250. The van der Waals surface area contributed by atoms with E-state index in [2.05, 4.69) is 5.32 Å². The quantitative estimate of drug-likeness (QED) is 0.309. The molecule has 11 heteroatoms. The van der Waals surface area contributed by atoms with E-state index in [-0.39, 0.29) is 22.8 Å². The van der Waals surface area contributed by atoms with Crippen molar-refractivity contribution >= 4 is 34.5 Å². The van der Waals surface area contributed by atoms with Gasteiger partial charge in [-0.05, 0) is 46.9 Å². The normalized spacial score (nSPS) is 22.1. The summed E-state index contributed by atoms with van der Waals surface area (Å²) in [6, 6.07) is 15.6. The number of rotatable bonds is 7. The molecular formula is C24H21F3N2O4S2. The number of carbonyl (C=O) groups is 1. The molecule has 1 aliphatic heterocycles. The number of alkyl halides is 3. The molecule has 3 aromatic rings. The number of nitrogens with one attached hydrogen (secondary N) is 2. The third kappa shape index (κ3) is 4.97. The summed E-state index contributed by atoms with van der Waals surface area (Å²) in [5.74, 6) is -2.24. The Morgan fingerprint density at radius 3 is 2.51 bits per heavy atom. The third-order valence-electron chi connectivity index (χ3n) is 5.64. The van der Waals surface area contributed by atoms with Crippen LogP contribution in [-0.2, 0) is 6.61 Å². The number of aliphatic hydroxyl groups is 1. The zero-order valence-electron chi connectivity index (χ0n) is 18.3. The minimum Gasteiger partial charge on any atom is -0.493 e. The van der Waals surface area contributed by atoms with Gasteiger partial charge < -0.3 is 25.2 Å². The van der Waals surface area contributed by atoms with Gasteiger partial charge in [0.15, 0.2) is 22.4 Å². The summed E-state index contributed by atoms with van der Waals surface area (Å²) in [4.78, 5) is 13.3. The SMILES string of the molecule is COc1cc([C@H]2NC(=S)N[C@@](O)(C(F)(F)F)[C@H]2C(=O)c2cccs2)ccc1OCc1ccccc1. The Balaban J connectivity index is 1.72. The first kappa shape index (κ1) is 25.0. The molecule has 4 rings (SSSR count). The second-order valence-electron chi connectivity index (χ2n) is 7.84. The minimum absolute atomic E-state index is 0.0777. The van der Waals surface area contributed by atoms with Crippen molar-refractivity contribution in [1.29, 1.82) is 0 Å². The smallest absolute Gasteiger partial charge is 0.437 e. The fraction of sp³-hybridized carbons (Fsp3) is 0.250. The van der Waals surface area contributed by atoms with Gasteiger partial charge in [-0.3, -0.25) is 4.79 Å². The van der Waals surface area contributed by atoms with Crippen LogP contribution in [0, 0.1) is 5.92 Å². The number of carbonyl (C=O) groups excluding carboxylic acids is 1. The van der Waals surface area contributed by atoms with Crippen molar-refractivity contribution in [2.24, 2.45) is 5.92 Å². The summed E-state index contributed by atoms with van der Waals surface area (Å²) in [5, 5.41) is 16.5. The van der Waals surface area contributed by atoms with Crippen LogP contribution < -0.4 is 20.1 Å². The molecule has 0 unspecified atom stereocenters. The fourth-order valence-corrected chi connectivity index (χ4v) is 4.91. The largest absolute Gasteiger partial charge is 0.493 e. The Morgan fingerprint density at radius 1 is 1.14 bits per heavy atom. The molecular weight excluding hydrogens is 501 g/mol. The van der Waals surface area contributed by atoms with Gasteiger partial charge in [-0.2, -0.15) is 13.2 Å². The lowest BCUT2D eigenvalue weighted by atomic mass is 9.78. The molecule has 2 aromatic carbocycles. The van der Waals surface area contributed by atoms with Gasteiger partial charge in [0.25, 0.3) is 0 Å². The first-order chi connectivity index (χ1) is 16.6. The molecule has 0 radical (unpaired) electrons. The third-order valence-corrected chi connectivity index (χ3v) is 6.74. The van der Waals surface area contributed by atoms with Gasteiger partial charge in [-0.15, -0.1) is 11.3 Å². The number of methoxy groups -OCH3 is 1. The first-order valence-electron chi connectivity index (χ1n) is 10.4. The Labute approximate surface area is 208 Å². The monoisotopic (exact) mass is 522 g/mol. The highest BCUT2D eigenvalue weighted by Gasteiger charge is 2.65. The zero-order valence-corrected chi connectivity index (χ0v) is 20.0. The van der Waals surface area contributed by atoms with E-state index < -0.39 is 34.8 Å². The number of ketones is 1. The average molecular weight is 523 g/mol. The van der Waals surface area contributed by atoms with Crippen molar-refractivity contribution in [2.45, 2.75) is 24.6 Å². The Hall–Kier alpha value is -3.15. The Bertz CT molecular complexity index is 1210. The maximum atomic E-state index is 14.1. The lowest BCUT2D eigenvalue weighted by Gasteiger charge is -2.46. The van der Waals surface area contributed by atoms with Crippen molar-refractivity contribution < 1.29 is 32.5 Å². The molecule has 0 saturated carbocycles. The number of halogens is 3. The fourth-order valence-electron chi connectivity index (χ4n) is 3.92.